The molecule has 0 bridgehead atoms. The normalized spacial score (nSPS) is 17.4. The lowest BCUT2D eigenvalue weighted by molar-refractivity contribution is 0.0535. The van der Waals surface area contributed by atoms with Gasteiger partial charge in [-0.3, -0.25) is 20.6 Å². The Morgan fingerprint density at radius 1 is 0.700 bits per heavy atom. The number of hydrogen-bond donors (Lipinski definition) is 6. The second kappa shape index (κ2) is 13.7. The van der Waals surface area contributed by atoms with E-state index in [0.717, 1.165) is 38.5 Å². The molecule has 2 unspecified atom stereocenters. The van der Waals surface area contributed by atoms with Crippen molar-refractivity contribution in [3.63, 3.8) is 0 Å². The monoisotopic (exact) mass is 495 g/mol. The van der Waals surface area contributed by atoms with Crippen LogP contribution < -0.4 is 11.5 Å². The molecule has 0 amide bonds. The van der Waals surface area contributed by atoms with E-state index in [9.17, 15) is 33.3 Å². The minimum Gasteiger partial charge on any atom is -0.321 e. The largest absolute Gasteiger partial charge is 0.702 e. The van der Waals surface area contributed by atoms with Gasteiger partial charge in [-0.2, -0.15) is 0 Å². The maximum Gasteiger partial charge on any atom is 0.702 e. The topological polar surface area (TPSA) is 203 Å². The smallest absolute Gasteiger partial charge is 0.321 e. The molecule has 0 heterocycles. The van der Waals surface area contributed by atoms with Crippen LogP contribution in [0.1, 0.15) is 90.9 Å². The number of hydrogen-bond acceptors (Lipinski definition) is 7. The summed E-state index contributed by atoms with van der Waals surface area (Å²) in [6, 6.07) is 0. The maximum absolute atomic E-state index is 12.3. The van der Waals surface area contributed by atoms with E-state index in [1.54, 1.807) is 0 Å². The Kier molecular flexibility index (Phi) is 13.8. The zero-order chi connectivity index (χ0) is 23.5. The summed E-state index contributed by atoms with van der Waals surface area (Å²) in [5.41, 5.74) is 6.16. The zero-order valence-corrected chi connectivity index (χ0v) is 20.5. The van der Waals surface area contributed by atoms with E-state index < -0.39 is 34.4 Å². The van der Waals surface area contributed by atoms with Crippen LogP contribution in [0.3, 0.4) is 0 Å². The molecule has 0 aromatic heterocycles. The van der Waals surface area contributed by atoms with Gasteiger partial charge in [0.2, 0.25) is 0 Å². The molecule has 30 heavy (non-hydrogen) atoms. The van der Waals surface area contributed by atoms with Gasteiger partial charge in [0.25, 0.3) is 10.9 Å². The molecule has 0 aliphatic heterocycles. The Morgan fingerprint density at radius 3 is 1.27 bits per heavy atom. The number of nitrogens with two attached hydrogens (primary N) is 2. The van der Waals surface area contributed by atoms with Gasteiger partial charge in [-0.1, -0.05) is 74.3 Å². The standard InChI is InChI=1S/C16H37N2O9P3/c1-3-5-7-9-11-13-15(17,29(20,21)22)26-28(19)27-16(18,30(23,24)25)14-12-10-8-6-4-2/h3-14,17-18H2,1-2H3,(H3-,20,21,22,23,24,25)/p+1. The molecule has 14 heteroatoms. The second-order valence-corrected chi connectivity index (χ2v) is 12.0. The maximum atomic E-state index is 12.3. The van der Waals surface area contributed by atoms with E-state index in [-0.39, 0.29) is 12.8 Å². The Bertz CT molecular complexity index is 563. The molecule has 0 spiro atoms. The van der Waals surface area contributed by atoms with Crippen molar-refractivity contribution < 1.29 is 42.3 Å². The lowest BCUT2D eigenvalue weighted by atomic mass is 10.1. The van der Waals surface area contributed by atoms with Gasteiger partial charge in [0.05, 0.1) is 0 Å². The van der Waals surface area contributed by atoms with Gasteiger partial charge >= 0.3 is 23.4 Å². The molecule has 0 aliphatic carbocycles. The van der Waals surface area contributed by atoms with Crippen molar-refractivity contribution in [2.75, 3.05) is 0 Å². The van der Waals surface area contributed by atoms with Crippen LogP contribution in [0.25, 0.3) is 0 Å². The predicted molar refractivity (Wildman–Crippen MR) is 114 cm³/mol. The first kappa shape index (κ1) is 30.2. The van der Waals surface area contributed by atoms with Gasteiger partial charge in [0.15, 0.2) is 0 Å². The van der Waals surface area contributed by atoms with Gasteiger partial charge in [-0.25, -0.2) is 0 Å². The first-order valence-corrected chi connectivity index (χ1v) is 14.6. The van der Waals surface area contributed by atoms with Crippen LogP contribution in [0.15, 0.2) is 0 Å². The van der Waals surface area contributed by atoms with Crippen molar-refractivity contribution in [1.29, 1.82) is 0 Å². The van der Waals surface area contributed by atoms with Crippen LogP contribution in [0.2, 0.25) is 0 Å². The number of unbranched alkanes of at least 4 members (excludes halogenated alkanes) is 8. The second-order valence-electron chi connectivity index (χ2n) is 7.51. The molecule has 0 fully saturated rings. The number of rotatable bonds is 18. The van der Waals surface area contributed by atoms with Crippen molar-refractivity contribution in [2.45, 2.75) is 102 Å². The Hall–Kier alpha value is 0.240. The fourth-order valence-corrected chi connectivity index (χ4v) is 5.62. The van der Waals surface area contributed by atoms with Gasteiger partial charge in [0, 0.05) is 17.4 Å². The molecule has 0 saturated heterocycles. The van der Waals surface area contributed by atoms with Crippen molar-refractivity contribution in [2.24, 2.45) is 11.5 Å². The average Bonchev–Trinajstić information content (AvgIpc) is 2.59. The van der Waals surface area contributed by atoms with Crippen molar-refractivity contribution >= 4 is 23.4 Å². The summed E-state index contributed by atoms with van der Waals surface area (Å²) in [6.45, 7) is 4.02. The first-order valence-electron chi connectivity index (χ1n) is 10.3. The zero-order valence-electron chi connectivity index (χ0n) is 17.8. The van der Waals surface area contributed by atoms with Gasteiger partial charge < -0.3 is 19.6 Å². The summed E-state index contributed by atoms with van der Waals surface area (Å²) in [5.74, 6) is 0. The van der Waals surface area contributed by atoms with Crippen molar-refractivity contribution in [3.05, 3.63) is 0 Å². The van der Waals surface area contributed by atoms with Crippen LogP contribution in [0, 0.1) is 0 Å². The molecule has 0 rings (SSSR count). The van der Waals surface area contributed by atoms with E-state index in [1.165, 1.54) is 0 Å². The fourth-order valence-electron chi connectivity index (χ4n) is 2.73. The van der Waals surface area contributed by atoms with E-state index in [4.69, 9.17) is 20.5 Å². The highest BCUT2D eigenvalue weighted by Gasteiger charge is 2.57. The Labute approximate surface area is 179 Å². The molecule has 11 nitrogen and oxygen atoms in total. The SMILES string of the molecule is CCCCCCCC(N)(O[P+](=O)OC(N)(CCCCCCC)P(=O)(O)O)P(=O)(O)O. The van der Waals surface area contributed by atoms with Crippen molar-refractivity contribution in [1.82, 2.24) is 0 Å². The van der Waals surface area contributed by atoms with Gasteiger partial charge in [-0.15, -0.1) is 0 Å². The van der Waals surface area contributed by atoms with Crippen LogP contribution in [0.4, 0.5) is 0 Å². The molecule has 0 saturated carbocycles. The molecule has 0 radical (unpaired) electrons. The van der Waals surface area contributed by atoms with Crippen molar-refractivity contribution in [3.8, 4) is 0 Å². The summed E-state index contributed by atoms with van der Waals surface area (Å²) in [5, 5.41) is 0. The highest BCUT2D eigenvalue weighted by molar-refractivity contribution is 7.54. The van der Waals surface area contributed by atoms with E-state index in [0.29, 0.717) is 25.7 Å². The molecule has 0 aliphatic rings. The van der Waals surface area contributed by atoms with E-state index in [1.807, 2.05) is 13.8 Å². The third-order valence-corrected chi connectivity index (χ3v) is 8.57. The summed E-state index contributed by atoms with van der Waals surface area (Å²) < 4.78 is 45.6. The van der Waals surface area contributed by atoms with Gasteiger partial charge in [0.1, 0.15) is 0 Å². The minimum absolute atomic E-state index is 0.300. The lowest BCUT2D eigenvalue weighted by Gasteiger charge is -2.26. The average molecular weight is 495 g/mol. The third kappa shape index (κ3) is 10.7. The third-order valence-electron chi connectivity index (χ3n) is 4.73. The van der Waals surface area contributed by atoms with Crippen LogP contribution in [-0.4, -0.2) is 30.5 Å². The Morgan fingerprint density at radius 2 is 1.00 bits per heavy atom. The molecule has 0 aromatic carbocycles. The highest BCUT2D eigenvalue weighted by atomic mass is 31.2. The lowest BCUT2D eigenvalue weighted by Crippen LogP contribution is -2.43. The van der Waals surface area contributed by atoms with E-state index >= 15 is 0 Å². The minimum atomic E-state index is -5.08. The quantitative estimate of drug-likeness (QED) is 0.0911. The fraction of sp³-hybridized carbons (Fsp3) is 1.00. The van der Waals surface area contributed by atoms with Gasteiger partial charge in [-0.05, 0) is 12.8 Å². The van der Waals surface area contributed by atoms with Crippen LogP contribution in [-0.2, 0) is 22.7 Å². The predicted octanol–water partition coefficient (Wildman–Crippen LogP) is 3.98. The Balaban J connectivity index is 5.12. The molecular formula is C16H38N2O9P3+. The first-order chi connectivity index (χ1) is 13.7. The molecule has 0 aromatic rings. The summed E-state index contributed by atoms with van der Waals surface area (Å²) in [7, 11) is -13.6. The summed E-state index contributed by atoms with van der Waals surface area (Å²) in [6.07, 6.45) is 6.75. The molecular weight excluding hydrogens is 457 g/mol. The molecule has 8 N–H and O–H groups in total. The van der Waals surface area contributed by atoms with E-state index in [2.05, 4.69) is 0 Å². The van der Waals surface area contributed by atoms with Crippen LogP contribution >= 0.6 is 23.4 Å². The van der Waals surface area contributed by atoms with Crippen LogP contribution in [0.5, 0.6) is 0 Å². The highest BCUT2D eigenvalue weighted by Crippen LogP contribution is 2.58. The molecule has 180 valence electrons. The molecule has 2 atom stereocenters. The summed E-state index contributed by atoms with van der Waals surface area (Å²) in [4.78, 5) is 38.3. The summed E-state index contributed by atoms with van der Waals surface area (Å²) >= 11 is 0.